The Bertz CT molecular complexity index is 112. The van der Waals surface area contributed by atoms with Gasteiger partial charge in [0.1, 0.15) is 0 Å². The summed E-state index contributed by atoms with van der Waals surface area (Å²) in [5.41, 5.74) is 0. The molecule has 3 N–H and O–H groups in total. The largest absolute Gasteiger partial charge is 0.412 e. The van der Waals surface area contributed by atoms with Gasteiger partial charge in [0.15, 0.2) is 0 Å². The highest BCUT2D eigenvalue weighted by Crippen LogP contribution is 1.74. The first-order valence-electron chi connectivity index (χ1n) is 1.51. The second-order valence-corrected chi connectivity index (χ2v) is 2.61. The van der Waals surface area contributed by atoms with Crippen molar-refractivity contribution in [3.05, 3.63) is 0 Å². The van der Waals surface area contributed by atoms with Gasteiger partial charge in [0.25, 0.3) is 10.1 Å². The van der Waals surface area contributed by atoms with Crippen molar-refractivity contribution in [2.24, 2.45) is 0 Å². The summed E-state index contributed by atoms with van der Waals surface area (Å²) >= 11 is 0. The van der Waals surface area contributed by atoms with E-state index < -0.39 is 10.1 Å². The predicted octanol–water partition coefficient (Wildman–Crippen LogP) is -0.931. The average Bonchev–Trinajstić information content (AvgIpc) is 1.35. The molecule has 0 aliphatic heterocycles. The van der Waals surface area contributed by atoms with Gasteiger partial charge in [-0.05, 0) is 6.92 Å². The topological polar surface area (TPSA) is 85.9 Å². The fourth-order valence-corrected chi connectivity index (χ4v) is 0. The zero-order valence-electron chi connectivity index (χ0n) is 3.88. The molecule has 0 heterocycles. The Hall–Kier alpha value is -0.130. The molecule has 7 heavy (non-hydrogen) atoms. The molecule has 0 unspecified atom stereocenters. The molecule has 0 aromatic carbocycles. The summed E-state index contributed by atoms with van der Waals surface area (Å²) in [7, 11) is -3.66. The molecule has 0 aromatic heterocycles. The first-order chi connectivity index (χ1) is 2.56. The van der Waals surface area contributed by atoms with Gasteiger partial charge in [-0.3, -0.25) is 4.55 Å². The van der Waals surface area contributed by atoms with E-state index in [0.717, 1.165) is 0 Å². The van der Waals surface area contributed by atoms with Gasteiger partial charge in [-0.15, -0.1) is 0 Å². The maximum atomic E-state index is 9.56. The molecule has 0 aliphatic rings. The molecule has 0 radical (unpaired) electrons. The van der Waals surface area contributed by atoms with Crippen LogP contribution < -0.4 is 0 Å². The summed E-state index contributed by atoms with van der Waals surface area (Å²) in [5, 5.41) is 0. The van der Waals surface area contributed by atoms with Crippen molar-refractivity contribution < 1.29 is 18.4 Å². The zero-order valence-corrected chi connectivity index (χ0v) is 4.70. The predicted molar refractivity (Wildman–Crippen MR) is 25.7 cm³/mol. The van der Waals surface area contributed by atoms with Crippen LogP contribution in [0.3, 0.4) is 0 Å². The van der Waals surface area contributed by atoms with Crippen molar-refractivity contribution in [2.45, 2.75) is 6.92 Å². The Morgan fingerprint density at radius 1 is 1.57 bits per heavy atom. The highest BCUT2D eigenvalue weighted by atomic mass is 32.2. The Labute approximate surface area is 42.2 Å². The minimum atomic E-state index is -3.66. The molecule has 0 aliphatic carbocycles. The van der Waals surface area contributed by atoms with Crippen LogP contribution in [0.4, 0.5) is 0 Å². The SMILES string of the molecule is CCS(=O)(=O)O.O. The number of rotatable bonds is 1. The van der Waals surface area contributed by atoms with Gasteiger partial charge in [0.05, 0.1) is 5.75 Å². The van der Waals surface area contributed by atoms with Gasteiger partial charge < -0.3 is 5.48 Å². The minimum absolute atomic E-state index is 0. The van der Waals surface area contributed by atoms with E-state index in [-0.39, 0.29) is 11.2 Å². The second kappa shape index (κ2) is 2.95. The van der Waals surface area contributed by atoms with Gasteiger partial charge >= 0.3 is 0 Å². The lowest BCUT2D eigenvalue weighted by atomic mass is 11.0. The van der Waals surface area contributed by atoms with E-state index in [0.29, 0.717) is 0 Å². The van der Waals surface area contributed by atoms with Crippen LogP contribution in [0.25, 0.3) is 0 Å². The van der Waals surface area contributed by atoms with E-state index in [1.54, 1.807) is 0 Å². The van der Waals surface area contributed by atoms with Crippen LogP contribution in [0.1, 0.15) is 6.92 Å². The van der Waals surface area contributed by atoms with Crippen LogP contribution >= 0.6 is 0 Å². The molecule has 46 valence electrons. The summed E-state index contributed by atoms with van der Waals surface area (Å²) in [4.78, 5) is 0. The summed E-state index contributed by atoms with van der Waals surface area (Å²) < 4.78 is 26.9. The van der Waals surface area contributed by atoms with E-state index in [9.17, 15) is 8.42 Å². The third kappa shape index (κ3) is 10.7. The molecule has 0 atom stereocenters. The zero-order chi connectivity index (χ0) is 5.21. The summed E-state index contributed by atoms with van der Waals surface area (Å²) in [5.74, 6) is -0.201. The van der Waals surface area contributed by atoms with Crippen molar-refractivity contribution in [2.75, 3.05) is 5.75 Å². The number of hydrogen-bond acceptors (Lipinski definition) is 2. The summed E-state index contributed by atoms with van der Waals surface area (Å²) in [6.45, 7) is 1.37. The average molecular weight is 128 g/mol. The van der Waals surface area contributed by atoms with Gasteiger partial charge in [0.2, 0.25) is 0 Å². The Balaban J connectivity index is 0. The third-order valence-corrected chi connectivity index (χ3v) is 1.09. The molecule has 0 spiro atoms. The van der Waals surface area contributed by atoms with Crippen LogP contribution in [0.5, 0.6) is 0 Å². The van der Waals surface area contributed by atoms with Gasteiger partial charge in [-0.1, -0.05) is 0 Å². The van der Waals surface area contributed by atoms with Gasteiger partial charge in [-0.25, -0.2) is 0 Å². The lowest BCUT2D eigenvalue weighted by molar-refractivity contribution is 0.484. The van der Waals surface area contributed by atoms with Crippen LogP contribution in [0.15, 0.2) is 0 Å². The smallest absolute Gasteiger partial charge is 0.264 e. The maximum absolute atomic E-state index is 9.56. The monoisotopic (exact) mass is 128 g/mol. The molecule has 0 saturated carbocycles. The minimum Gasteiger partial charge on any atom is -0.412 e. The second-order valence-electron chi connectivity index (χ2n) is 0.871. The van der Waals surface area contributed by atoms with Crippen LogP contribution in [0.2, 0.25) is 0 Å². The van der Waals surface area contributed by atoms with Gasteiger partial charge in [-0.2, -0.15) is 8.42 Å². The molecule has 0 rings (SSSR count). The van der Waals surface area contributed by atoms with E-state index in [4.69, 9.17) is 4.55 Å². The normalized spacial score (nSPS) is 10.0. The molecule has 0 saturated heterocycles. The van der Waals surface area contributed by atoms with Crippen molar-refractivity contribution in [3.63, 3.8) is 0 Å². The maximum Gasteiger partial charge on any atom is 0.264 e. The molecule has 5 heteroatoms. The number of hydrogen-bond donors (Lipinski definition) is 1. The summed E-state index contributed by atoms with van der Waals surface area (Å²) in [6, 6.07) is 0. The third-order valence-electron chi connectivity index (χ3n) is 0.365. The molecule has 0 aromatic rings. The van der Waals surface area contributed by atoms with Crippen LogP contribution in [-0.4, -0.2) is 24.2 Å². The first kappa shape index (κ1) is 9.98. The van der Waals surface area contributed by atoms with Crippen molar-refractivity contribution >= 4 is 10.1 Å². The van der Waals surface area contributed by atoms with Crippen molar-refractivity contribution in [1.82, 2.24) is 0 Å². The lowest BCUT2D eigenvalue weighted by Gasteiger charge is -1.79. The van der Waals surface area contributed by atoms with Crippen molar-refractivity contribution in [1.29, 1.82) is 0 Å². The molecular formula is C2H8O4S. The van der Waals surface area contributed by atoms with E-state index >= 15 is 0 Å². The Morgan fingerprint density at radius 3 is 1.71 bits per heavy atom. The quantitative estimate of drug-likeness (QED) is 0.463. The first-order valence-corrected chi connectivity index (χ1v) is 3.12. The van der Waals surface area contributed by atoms with E-state index in [2.05, 4.69) is 0 Å². The highest BCUT2D eigenvalue weighted by molar-refractivity contribution is 7.85. The van der Waals surface area contributed by atoms with Crippen molar-refractivity contribution in [3.8, 4) is 0 Å². The van der Waals surface area contributed by atoms with E-state index in [1.165, 1.54) is 6.92 Å². The Morgan fingerprint density at radius 2 is 1.71 bits per heavy atom. The standard InChI is InChI=1S/C2H6O3S.H2O/c1-2-6(3,4)5;/h2H2,1H3,(H,3,4,5);1H2. The summed E-state index contributed by atoms with van der Waals surface area (Å²) in [6.07, 6.45) is 0. The van der Waals surface area contributed by atoms with E-state index in [1.807, 2.05) is 0 Å². The fourth-order valence-electron chi connectivity index (χ4n) is 0. The molecule has 0 bridgehead atoms. The van der Waals surface area contributed by atoms with Gasteiger partial charge in [0, 0.05) is 0 Å². The molecular weight excluding hydrogens is 120 g/mol. The van der Waals surface area contributed by atoms with Crippen LogP contribution in [0, 0.1) is 0 Å². The molecule has 0 fully saturated rings. The lowest BCUT2D eigenvalue weighted by Crippen LogP contribution is -1.97. The fraction of sp³-hybridized carbons (Fsp3) is 1.00. The molecule has 0 amide bonds. The molecule has 4 nitrogen and oxygen atoms in total. The highest BCUT2D eigenvalue weighted by Gasteiger charge is 1.93. The van der Waals surface area contributed by atoms with Crippen LogP contribution in [-0.2, 0) is 10.1 Å². The Kier molecular flexibility index (Phi) is 4.21.